The zero-order chi connectivity index (χ0) is 39.1. The molecule has 4 aromatic carbocycles. The van der Waals surface area contributed by atoms with Gasteiger partial charge in [0, 0.05) is 33.1 Å². The standard InChI is InChI=1S/C28H24NO.C19H26GeN.Ir/c1-18(2)19(3)21-14-15-29-26(16-21)25-11-7-10-24-23-13-12-22(17-27(23)30-28(24)25)20-8-5-4-6-9-20;1-19(2,3)13-16-12-18(15-10-8-7-9-11-15)21-14-17(16)20(4,5)6;/h4-10,12-19H,1-3H3;7-10,12,14H,13H2,1-6H3;/q2*-1;/i19D;13D2;. The van der Waals surface area contributed by atoms with Crippen LogP contribution >= 0.6 is 0 Å². The second-order valence-electron chi connectivity index (χ2n) is 15.6. The van der Waals surface area contributed by atoms with Gasteiger partial charge < -0.3 is 9.40 Å². The molecule has 5 heteroatoms. The van der Waals surface area contributed by atoms with Gasteiger partial charge in [0.1, 0.15) is 5.58 Å². The van der Waals surface area contributed by atoms with E-state index in [1.165, 1.54) is 0 Å². The van der Waals surface area contributed by atoms with Gasteiger partial charge in [-0.3, -0.25) is 0 Å². The minimum absolute atomic E-state index is 0. The van der Waals surface area contributed by atoms with Gasteiger partial charge in [0.25, 0.3) is 0 Å². The number of furan rings is 1. The maximum absolute atomic E-state index is 8.78. The van der Waals surface area contributed by atoms with Crippen LogP contribution in [0.25, 0.3) is 55.6 Å². The second-order valence-corrected chi connectivity index (χ2v) is 26.1. The Balaban J connectivity index is 0.000000217. The Hall–Kier alpha value is -3.83. The summed E-state index contributed by atoms with van der Waals surface area (Å²) >= 11 is -2.24. The Bertz CT molecular complexity index is 2400. The van der Waals surface area contributed by atoms with Crippen molar-refractivity contribution >= 4 is 39.6 Å². The van der Waals surface area contributed by atoms with E-state index < -0.39 is 30.9 Å². The fourth-order valence-corrected chi connectivity index (χ4v) is 9.07. The van der Waals surface area contributed by atoms with Gasteiger partial charge in [-0.2, -0.15) is 0 Å². The zero-order valence-corrected chi connectivity index (χ0v) is 36.2. The number of pyridine rings is 2. The number of fused-ring (bicyclic) bond motifs is 3. The smallest absolute Gasteiger partial charge is 0 e. The molecule has 0 aliphatic carbocycles. The van der Waals surface area contributed by atoms with Gasteiger partial charge in [-0.25, -0.2) is 0 Å². The summed E-state index contributed by atoms with van der Waals surface area (Å²) in [6.07, 6.45) is 2.28. The first-order valence-electron chi connectivity index (χ1n) is 19.3. The van der Waals surface area contributed by atoms with Crippen molar-refractivity contribution < 1.29 is 28.6 Å². The van der Waals surface area contributed by atoms with Crippen LogP contribution in [0.3, 0.4) is 0 Å². The molecule has 7 rings (SSSR count). The molecule has 1 radical (unpaired) electrons. The molecule has 0 aliphatic rings. The van der Waals surface area contributed by atoms with Crippen molar-refractivity contribution in [2.45, 2.75) is 71.1 Å². The zero-order valence-electron chi connectivity index (χ0n) is 34.7. The summed E-state index contributed by atoms with van der Waals surface area (Å²) in [5.74, 6) is 6.35. The molecule has 0 saturated carbocycles. The largest absolute Gasteiger partial charge is 0 e. The van der Waals surface area contributed by atoms with Crippen LogP contribution in [0.15, 0.2) is 120 Å². The third-order valence-electron chi connectivity index (χ3n) is 9.08. The first kappa shape index (κ1) is 35.2. The van der Waals surface area contributed by atoms with Gasteiger partial charge in [-0.05, 0) is 40.8 Å². The van der Waals surface area contributed by atoms with Crippen molar-refractivity contribution in [3.05, 3.63) is 139 Å². The molecule has 0 amide bonds. The monoisotopic (exact) mass is 928 g/mol. The Morgan fingerprint density at radius 2 is 1.54 bits per heavy atom. The SMILES string of the molecule is [2H]C(C)(c1ccnc(-c2[c-]ccc3c2oc2cc(-c4ccccc4)ccc23)c1)C(C)C.[2H]C([2H])(c1cc(-c2[c-]cccc2)nc[c]1[Ge]([CH3])([CH3])[CH3])C(C)(C)C.[Ir]. The van der Waals surface area contributed by atoms with Crippen LogP contribution in [0.5, 0.6) is 0 Å². The van der Waals surface area contributed by atoms with Crippen LogP contribution < -0.4 is 4.40 Å². The number of benzene rings is 4. The summed E-state index contributed by atoms with van der Waals surface area (Å²) in [5, 5.41) is 2.13. The first-order valence-corrected chi connectivity index (χ1v) is 25.1. The maximum atomic E-state index is 8.78. The van der Waals surface area contributed by atoms with E-state index in [2.05, 4.69) is 83.5 Å². The predicted octanol–water partition coefficient (Wildman–Crippen LogP) is 12.6. The fourth-order valence-electron chi connectivity index (χ4n) is 6.15. The van der Waals surface area contributed by atoms with Crippen LogP contribution in [-0.2, 0) is 26.5 Å². The molecule has 0 fully saturated rings. The summed E-state index contributed by atoms with van der Waals surface area (Å²) in [6.45, 7) is 12.0. The molecule has 1 unspecified atom stereocenters. The number of nitrogens with zero attached hydrogens (tertiary/aromatic N) is 2. The van der Waals surface area contributed by atoms with Gasteiger partial charge in [0.05, 0.1) is 5.58 Å². The molecule has 0 saturated heterocycles. The second kappa shape index (κ2) is 16.5. The molecule has 3 heterocycles. The van der Waals surface area contributed by atoms with E-state index in [1.807, 2.05) is 107 Å². The van der Waals surface area contributed by atoms with Gasteiger partial charge >= 0.3 is 135 Å². The molecular weight excluding hydrogens is 873 g/mol. The van der Waals surface area contributed by atoms with E-state index in [1.54, 1.807) is 6.20 Å². The summed E-state index contributed by atoms with van der Waals surface area (Å²) in [6, 6.07) is 40.7. The quantitative estimate of drug-likeness (QED) is 0.118. The van der Waals surface area contributed by atoms with Crippen molar-refractivity contribution in [3.8, 4) is 33.6 Å². The minimum atomic E-state index is -2.24. The summed E-state index contributed by atoms with van der Waals surface area (Å²) in [5.41, 5.74) is 8.50. The van der Waals surface area contributed by atoms with Crippen molar-refractivity contribution in [3.63, 3.8) is 0 Å². The van der Waals surface area contributed by atoms with Gasteiger partial charge in [-0.15, -0.1) is 18.2 Å². The molecule has 3 nitrogen and oxygen atoms in total. The summed E-state index contributed by atoms with van der Waals surface area (Å²) < 4.78 is 33.8. The summed E-state index contributed by atoms with van der Waals surface area (Å²) in [7, 11) is 0. The maximum Gasteiger partial charge on any atom is 0 e. The van der Waals surface area contributed by atoms with Crippen molar-refractivity contribution in [1.29, 1.82) is 0 Å². The molecule has 1 atom stereocenters. The van der Waals surface area contributed by atoms with Crippen LogP contribution in [0.1, 0.15) is 62.7 Å². The molecule has 7 aromatic rings. The average molecular weight is 927 g/mol. The van der Waals surface area contributed by atoms with Gasteiger partial charge in [-0.1, -0.05) is 85.8 Å². The van der Waals surface area contributed by atoms with Crippen LogP contribution in [0.2, 0.25) is 17.3 Å². The van der Waals surface area contributed by atoms with Crippen LogP contribution in [-0.4, -0.2) is 23.2 Å². The van der Waals surface area contributed by atoms with E-state index >= 15 is 0 Å². The third-order valence-corrected chi connectivity index (χ3v) is 13.3. The number of hydrogen-bond donors (Lipinski definition) is 0. The Morgan fingerprint density at radius 1 is 0.788 bits per heavy atom. The molecule has 0 N–H and O–H groups in total. The number of rotatable bonds is 7. The van der Waals surface area contributed by atoms with E-state index in [4.69, 9.17) is 8.53 Å². The van der Waals surface area contributed by atoms with E-state index in [9.17, 15) is 0 Å². The Kier molecular flexibility index (Phi) is 11.1. The molecule has 0 bridgehead atoms. The molecular formula is C47H50GeIrN2O-2. The van der Waals surface area contributed by atoms with Gasteiger partial charge in [0.2, 0.25) is 0 Å². The summed E-state index contributed by atoms with van der Waals surface area (Å²) in [4.78, 5) is 9.21. The van der Waals surface area contributed by atoms with Gasteiger partial charge in [0.15, 0.2) is 0 Å². The minimum Gasteiger partial charge on any atom is 0 e. The van der Waals surface area contributed by atoms with Crippen molar-refractivity contribution in [2.24, 2.45) is 11.3 Å². The average Bonchev–Trinajstić information content (AvgIpc) is 3.53. The Labute approximate surface area is 331 Å². The first-order chi connectivity index (χ1) is 25.4. The van der Waals surface area contributed by atoms with Crippen LogP contribution in [0, 0.1) is 23.5 Å². The molecule has 3 aromatic heterocycles. The van der Waals surface area contributed by atoms with E-state index in [0.29, 0.717) is 0 Å². The Morgan fingerprint density at radius 3 is 2.21 bits per heavy atom. The molecule has 52 heavy (non-hydrogen) atoms. The van der Waals surface area contributed by atoms with E-state index in [0.717, 1.165) is 71.1 Å². The number of aromatic nitrogens is 2. The topological polar surface area (TPSA) is 38.9 Å². The molecule has 0 aliphatic heterocycles. The van der Waals surface area contributed by atoms with Crippen molar-refractivity contribution in [1.82, 2.24) is 9.97 Å². The number of hydrogen-bond acceptors (Lipinski definition) is 3. The van der Waals surface area contributed by atoms with Crippen molar-refractivity contribution in [2.75, 3.05) is 0 Å². The van der Waals surface area contributed by atoms with E-state index in [-0.39, 0.29) is 26.0 Å². The predicted molar refractivity (Wildman–Crippen MR) is 219 cm³/mol. The molecule has 269 valence electrons. The molecule has 0 spiro atoms. The normalized spacial score (nSPS) is 14.1. The van der Waals surface area contributed by atoms with Crippen LogP contribution in [0.4, 0.5) is 0 Å². The third kappa shape index (κ3) is 9.20. The fraction of sp³-hybridized carbons (Fsp3) is 0.277.